The largest absolute Gasteiger partial charge is 0.344 e. The second-order valence-electron chi connectivity index (χ2n) is 6.74. The predicted molar refractivity (Wildman–Crippen MR) is 94.1 cm³/mol. The lowest BCUT2D eigenvalue weighted by Gasteiger charge is -2.24. The van der Waals surface area contributed by atoms with Crippen molar-refractivity contribution in [1.82, 2.24) is 6.15 Å². The van der Waals surface area contributed by atoms with Gasteiger partial charge < -0.3 is 6.15 Å². The van der Waals surface area contributed by atoms with Crippen molar-refractivity contribution in [2.45, 2.75) is 73.1 Å². The quantitative estimate of drug-likeness (QED) is 0.611. The molecule has 1 rings (SSSR count). The topological polar surface area (TPSA) is 35.0 Å². The zero-order valence-electron chi connectivity index (χ0n) is 14.9. The summed E-state index contributed by atoms with van der Waals surface area (Å²) in [5, 5.41) is 0. The average molecular weight is 277 g/mol. The maximum absolute atomic E-state index is 3.67. The van der Waals surface area contributed by atoms with Gasteiger partial charge in [-0.1, -0.05) is 65.3 Å². The summed E-state index contributed by atoms with van der Waals surface area (Å²) in [5.41, 5.74) is 5.94. The van der Waals surface area contributed by atoms with Crippen LogP contribution in [-0.4, -0.2) is 0 Å². The molecule has 1 aromatic carbocycles. The van der Waals surface area contributed by atoms with Gasteiger partial charge in [-0.05, 0) is 48.3 Å². The van der Waals surface area contributed by atoms with Crippen LogP contribution in [0.4, 0.5) is 0 Å². The van der Waals surface area contributed by atoms with E-state index in [1.807, 2.05) is 6.92 Å². The van der Waals surface area contributed by atoms with Crippen LogP contribution < -0.4 is 6.15 Å². The second kappa shape index (κ2) is 8.97. The Balaban J connectivity index is 0. The van der Waals surface area contributed by atoms with E-state index in [1.165, 1.54) is 22.3 Å². The van der Waals surface area contributed by atoms with Gasteiger partial charge in [-0.25, -0.2) is 0 Å². The third kappa shape index (κ3) is 6.91. The summed E-state index contributed by atoms with van der Waals surface area (Å²) in [6.07, 6.45) is 1.11. The Labute approximate surface area is 127 Å². The van der Waals surface area contributed by atoms with Crippen molar-refractivity contribution in [2.75, 3.05) is 0 Å². The van der Waals surface area contributed by atoms with Gasteiger partial charge in [0.25, 0.3) is 0 Å². The van der Waals surface area contributed by atoms with E-state index in [-0.39, 0.29) is 11.6 Å². The van der Waals surface area contributed by atoms with Crippen molar-refractivity contribution in [3.63, 3.8) is 0 Å². The number of hydrogen-bond acceptors (Lipinski definition) is 1. The number of hydrogen-bond donors (Lipinski definition) is 1. The first kappa shape index (κ1) is 21.2. The maximum Gasteiger partial charge on any atom is -0.0129 e. The fourth-order valence-corrected chi connectivity index (χ4v) is 2.09. The molecule has 0 radical (unpaired) electrons. The van der Waals surface area contributed by atoms with Crippen LogP contribution >= 0.6 is 0 Å². The molecule has 0 saturated heterocycles. The summed E-state index contributed by atoms with van der Waals surface area (Å²) in [6.45, 7) is 21.4. The molecule has 0 aliphatic carbocycles. The lowest BCUT2D eigenvalue weighted by atomic mass is 9.81. The van der Waals surface area contributed by atoms with Crippen LogP contribution in [0.2, 0.25) is 0 Å². The van der Waals surface area contributed by atoms with Crippen molar-refractivity contribution in [3.8, 4) is 0 Å². The Morgan fingerprint density at radius 3 is 1.95 bits per heavy atom. The predicted octanol–water partition coefficient (Wildman–Crippen LogP) is 6.55. The van der Waals surface area contributed by atoms with E-state index in [1.54, 1.807) is 0 Å². The summed E-state index contributed by atoms with van der Waals surface area (Å²) < 4.78 is 0. The van der Waals surface area contributed by atoms with Gasteiger partial charge in [0.15, 0.2) is 0 Å². The highest BCUT2D eigenvalue weighted by molar-refractivity contribution is 5.39. The minimum Gasteiger partial charge on any atom is -0.344 e. The van der Waals surface area contributed by atoms with Crippen LogP contribution in [0.25, 0.3) is 0 Å². The molecular weight excluding hydrogens is 242 g/mol. The van der Waals surface area contributed by atoms with E-state index in [0.29, 0.717) is 5.92 Å². The maximum atomic E-state index is 3.67. The van der Waals surface area contributed by atoms with E-state index in [0.717, 1.165) is 6.42 Å². The Hall–Kier alpha value is -1.08. The standard InChI is InChI=1S/C14H22.C5H10.H3N/c1-10(2)12-8-7-9-13(11(12)3)14(4,5)6;1-4-5(2)3;/h7-10H,1-6H3;2,4H2,1,3H3;1H3. The molecule has 20 heavy (non-hydrogen) atoms. The molecule has 1 heteroatoms. The van der Waals surface area contributed by atoms with Crippen LogP contribution in [0, 0.1) is 6.92 Å². The molecule has 0 fully saturated rings. The van der Waals surface area contributed by atoms with Crippen LogP contribution in [-0.2, 0) is 5.41 Å². The van der Waals surface area contributed by atoms with Gasteiger partial charge in [0, 0.05) is 0 Å². The average Bonchev–Trinajstić information content (AvgIpc) is 2.28. The number of benzene rings is 1. The third-order valence-electron chi connectivity index (χ3n) is 3.41. The molecule has 0 aliphatic heterocycles. The van der Waals surface area contributed by atoms with Gasteiger partial charge in [-0.15, -0.1) is 6.58 Å². The molecule has 0 aliphatic rings. The smallest absolute Gasteiger partial charge is 0.0129 e. The molecule has 116 valence electrons. The molecule has 1 aromatic rings. The molecule has 0 amide bonds. The molecular formula is C19H35N. The summed E-state index contributed by atoms with van der Waals surface area (Å²) in [6, 6.07) is 6.68. The number of allylic oxidation sites excluding steroid dienone is 1. The van der Waals surface area contributed by atoms with E-state index in [9.17, 15) is 0 Å². The molecule has 0 heterocycles. The first-order valence-corrected chi connectivity index (χ1v) is 7.35. The molecule has 3 N–H and O–H groups in total. The molecule has 0 spiro atoms. The summed E-state index contributed by atoms with van der Waals surface area (Å²) in [4.78, 5) is 0. The minimum atomic E-state index is 0. The molecule has 0 aromatic heterocycles. The fraction of sp³-hybridized carbons (Fsp3) is 0.579. The molecule has 0 atom stereocenters. The summed E-state index contributed by atoms with van der Waals surface area (Å²) >= 11 is 0. The Morgan fingerprint density at radius 1 is 1.20 bits per heavy atom. The fourth-order valence-electron chi connectivity index (χ4n) is 2.09. The first-order valence-electron chi connectivity index (χ1n) is 7.35. The van der Waals surface area contributed by atoms with Gasteiger partial charge in [0.2, 0.25) is 0 Å². The van der Waals surface area contributed by atoms with Crippen LogP contribution in [0.15, 0.2) is 30.4 Å². The lowest BCUT2D eigenvalue weighted by molar-refractivity contribution is 0.584. The summed E-state index contributed by atoms with van der Waals surface area (Å²) in [5.74, 6) is 0.622. The monoisotopic (exact) mass is 277 g/mol. The van der Waals surface area contributed by atoms with Crippen molar-refractivity contribution in [1.29, 1.82) is 0 Å². The third-order valence-corrected chi connectivity index (χ3v) is 3.41. The van der Waals surface area contributed by atoms with Gasteiger partial charge in [-0.2, -0.15) is 0 Å². The normalized spacial score (nSPS) is 10.4. The van der Waals surface area contributed by atoms with Crippen molar-refractivity contribution < 1.29 is 0 Å². The SMILES string of the molecule is C=C(C)CC.Cc1c(C(C)C)cccc1C(C)(C)C.N. The van der Waals surface area contributed by atoms with Gasteiger partial charge in [0.05, 0.1) is 0 Å². The zero-order valence-corrected chi connectivity index (χ0v) is 14.9. The van der Waals surface area contributed by atoms with E-state index in [4.69, 9.17) is 0 Å². The highest BCUT2D eigenvalue weighted by Crippen LogP contribution is 2.30. The van der Waals surface area contributed by atoms with Crippen LogP contribution in [0.1, 0.15) is 77.5 Å². The van der Waals surface area contributed by atoms with Crippen molar-refractivity contribution >= 4 is 0 Å². The second-order valence-corrected chi connectivity index (χ2v) is 6.74. The molecule has 0 unspecified atom stereocenters. The number of rotatable bonds is 2. The van der Waals surface area contributed by atoms with E-state index < -0.39 is 0 Å². The lowest BCUT2D eigenvalue weighted by Crippen LogP contribution is -2.14. The Morgan fingerprint density at radius 2 is 1.65 bits per heavy atom. The van der Waals surface area contributed by atoms with E-state index in [2.05, 4.69) is 73.2 Å². The highest BCUT2D eigenvalue weighted by Gasteiger charge is 2.18. The summed E-state index contributed by atoms with van der Waals surface area (Å²) in [7, 11) is 0. The van der Waals surface area contributed by atoms with Crippen LogP contribution in [0.3, 0.4) is 0 Å². The Bertz CT molecular complexity index is 408. The van der Waals surface area contributed by atoms with Crippen molar-refractivity contribution in [3.05, 3.63) is 47.0 Å². The van der Waals surface area contributed by atoms with E-state index >= 15 is 0 Å². The van der Waals surface area contributed by atoms with Crippen molar-refractivity contribution in [2.24, 2.45) is 0 Å². The van der Waals surface area contributed by atoms with Gasteiger partial charge >= 0.3 is 0 Å². The van der Waals surface area contributed by atoms with Gasteiger partial charge in [0.1, 0.15) is 0 Å². The Kier molecular flexibility index (Phi) is 9.51. The van der Waals surface area contributed by atoms with Crippen LogP contribution in [0.5, 0.6) is 0 Å². The van der Waals surface area contributed by atoms with Gasteiger partial charge in [-0.3, -0.25) is 0 Å². The highest BCUT2D eigenvalue weighted by atomic mass is 14.2. The first-order chi connectivity index (χ1) is 8.61. The minimum absolute atomic E-state index is 0. The zero-order chi connectivity index (χ0) is 15.2. The molecule has 0 bridgehead atoms. The molecule has 1 nitrogen and oxygen atoms in total. The molecule has 0 saturated carbocycles.